The van der Waals surface area contributed by atoms with Crippen molar-refractivity contribution in [2.75, 3.05) is 28.0 Å². The molecule has 3 rings (SSSR count). The van der Waals surface area contributed by atoms with Crippen LogP contribution in [0.4, 0.5) is 17.1 Å². The predicted molar refractivity (Wildman–Crippen MR) is 83.6 cm³/mol. The lowest BCUT2D eigenvalue weighted by atomic mass is 10.1. The lowest BCUT2D eigenvalue weighted by Gasteiger charge is -2.13. The average Bonchev–Trinajstić information content (AvgIpc) is 3.05. The van der Waals surface area contributed by atoms with Crippen molar-refractivity contribution in [2.45, 2.75) is 6.92 Å². The van der Waals surface area contributed by atoms with Gasteiger partial charge in [-0.15, -0.1) is 0 Å². The number of hydrogen-bond donors (Lipinski definition) is 1. The maximum absolute atomic E-state index is 12.1. The van der Waals surface area contributed by atoms with E-state index in [1.165, 1.54) is 29.0 Å². The van der Waals surface area contributed by atoms with E-state index in [0.717, 1.165) is 5.56 Å². The highest BCUT2D eigenvalue weighted by atomic mass is 32.2. The van der Waals surface area contributed by atoms with Gasteiger partial charge in [0.1, 0.15) is 0 Å². The Balaban J connectivity index is 2.00. The second-order valence-electron chi connectivity index (χ2n) is 5.03. The third-order valence-corrected chi connectivity index (χ3v) is 5.46. The molecule has 0 atom stereocenters. The molecular weight excluding hydrogens is 306 g/mol. The first-order chi connectivity index (χ1) is 10.3. The van der Waals surface area contributed by atoms with Gasteiger partial charge in [0.25, 0.3) is 5.91 Å². The molecule has 1 N–H and O–H groups in total. The predicted octanol–water partition coefficient (Wildman–Crippen LogP) is 1.97. The van der Waals surface area contributed by atoms with Crippen molar-refractivity contribution in [2.24, 2.45) is 0 Å². The fourth-order valence-corrected chi connectivity index (χ4v) is 3.50. The zero-order valence-corrected chi connectivity index (χ0v) is 13.1. The highest BCUT2D eigenvalue weighted by Gasteiger charge is 2.36. The van der Waals surface area contributed by atoms with E-state index in [-0.39, 0.29) is 11.7 Å². The van der Waals surface area contributed by atoms with Crippen LogP contribution in [-0.4, -0.2) is 28.4 Å². The van der Waals surface area contributed by atoms with Crippen LogP contribution >= 0.6 is 0 Å². The van der Waals surface area contributed by atoms with E-state index < -0.39 is 10.2 Å². The number of anilines is 3. The Kier molecular flexibility index (Phi) is 3.13. The number of furan rings is 1. The molecule has 1 aromatic carbocycles. The zero-order chi connectivity index (χ0) is 16.1. The fraction of sp³-hybridized carbons (Fsp3) is 0.214. The quantitative estimate of drug-likeness (QED) is 0.916. The first kappa shape index (κ1) is 14.5. The molecule has 0 aliphatic carbocycles. The Bertz CT molecular complexity index is 843. The Hall–Kier alpha value is -2.48. The SMILES string of the molecule is Cc1cc2c(cc1NC(=O)c1ccco1)N(C)S(=O)(=O)N2C. The number of hydrogen-bond acceptors (Lipinski definition) is 4. The van der Waals surface area contributed by atoms with Gasteiger partial charge in [0, 0.05) is 19.8 Å². The van der Waals surface area contributed by atoms with Gasteiger partial charge in [0.2, 0.25) is 0 Å². The molecule has 1 aliphatic heterocycles. The molecule has 22 heavy (non-hydrogen) atoms. The minimum Gasteiger partial charge on any atom is -0.459 e. The van der Waals surface area contributed by atoms with E-state index in [1.54, 1.807) is 31.2 Å². The largest absolute Gasteiger partial charge is 0.459 e. The molecule has 0 fully saturated rings. The minimum absolute atomic E-state index is 0.193. The topological polar surface area (TPSA) is 82.9 Å². The summed E-state index contributed by atoms with van der Waals surface area (Å²) in [5.41, 5.74) is 2.40. The molecule has 116 valence electrons. The van der Waals surface area contributed by atoms with Crippen LogP contribution in [0.5, 0.6) is 0 Å². The molecule has 1 aromatic heterocycles. The maximum Gasteiger partial charge on any atom is 0.326 e. The van der Waals surface area contributed by atoms with Gasteiger partial charge in [-0.05, 0) is 36.8 Å². The number of fused-ring (bicyclic) bond motifs is 1. The van der Waals surface area contributed by atoms with Gasteiger partial charge in [-0.1, -0.05) is 0 Å². The molecule has 1 amide bonds. The molecule has 0 bridgehead atoms. The highest BCUT2D eigenvalue weighted by Crippen LogP contribution is 2.41. The van der Waals surface area contributed by atoms with Crippen LogP contribution in [0.2, 0.25) is 0 Å². The summed E-state index contributed by atoms with van der Waals surface area (Å²) < 4.78 is 31.7. The van der Waals surface area contributed by atoms with E-state index in [0.29, 0.717) is 17.1 Å². The van der Waals surface area contributed by atoms with E-state index in [4.69, 9.17) is 4.42 Å². The van der Waals surface area contributed by atoms with Crippen molar-refractivity contribution in [1.82, 2.24) is 0 Å². The number of carbonyl (C=O) groups is 1. The average molecular weight is 321 g/mol. The molecule has 0 unspecified atom stereocenters. The van der Waals surface area contributed by atoms with E-state index in [1.807, 2.05) is 0 Å². The summed E-state index contributed by atoms with van der Waals surface area (Å²) in [6.45, 7) is 1.80. The van der Waals surface area contributed by atoms with E-state index >= 15 is 0 Å². The summed E-state index contributed by atoms with van der Waals surface area (Å²) in [6, 6.07) is 6.56. The van der Waals surface area contributed by atoms with Crippen LogP contribution < -0.4 is 13.9 Å². The van der Waals surface area contributed by atoms with Crippen molar-refractivity contribution in [1.29, 1.82) is 0 Å². The molecule has 1 aliphatic rings. The van der Waals surface area contributed by atoms with Gasteiger partial charge in [-0.25, -0.2) is 0 Å². The molecule has 2 aromatic rings. The van der Waals surface area contributed by atoms with Gasteiger partial charge in [-0.3, -0.25) is 13.4 Å². The normalized spacial score (nSPS) is 15.8. The van der Waals surface area contributed by atoms with E-state index in [2.05, 4.69) is 5.32 Å². The smallest absolute Gasteiger partial charge is 0.326 e. The third kappa shape index (κ3) is 2.03. The Morgan fingerprint density at radius 2 is 1.82 bits per heavy atom. The molecular formula is C14H15N3O4S. The van der Waals surface area contributed by atoms with Crippen molar-refractivity contribution < 1.29 is 17.6 Å². The van der Waals surface area contributed by atoms with Crippen LogP contribution in [0.1, 0.15) is 16.1 Å². The maximum atomic E-state index is 12.1. The van der Waals surface area contributed by atoms with Gasteiger partial charge in [0.05, 0.1) is 17.6 Å². The zero-order valence-electron chi connectivity index (χ0n) is 12.3. The number of nitrogens with one attached hydrogen (secondary N) is 1. The Morgan fingerprint density at radius 3 is 2.41 bits per heavy atom. The second kappa shape index (κ2) is 4.77. The first-order valence-corrected chi connectivity index (χ1v) is 7.94. The molecule has 0 saturated heterocycles. The van der Waals surface area contributed by atoms with Crippen molar-refractivity contribution in [3.05, 3.63) is 41.9 Å². The van der Waals surface area contributed by atoms with Crippen molar-refractivity contribution in [3.8, 4) is 0 Å². The summed E-state index contributed by atoms with van der Waals surface area (Å²) in [6.07, 6.45) is 1.42. The molecule has 7 nitrogen and oxygen atoms in total. The second-order valence-corrected chi connectivity index (χ2v) is 7.02. The molecule has 0 spiro atoms. The van der Waals surface area contributed by atoms with Gasteiger partial charge in [-0.2, -0.15) is 8.42 Å². The van der Waals surface area contributed by atoms with Crippen LogP contribution in [0.3, 0.4) is 0 Å². The summed E-state index contributed by atoms with van der Waals surface area (Å²) in [4.78, 5) is 12.1. The van der Waals surface area contributed by atoms with Crippen LogP contribution in [0.25, 0.3) is 0 Å². The number of benzene rings is 1. The summed E-state index contributed by atoms with van der Waals surface area (Å²) >= 11 is 0. The standard InChI is InChI=1S/C14H15N3O4S/c1-9-7-11-12(17(3)22(19,20)16(11)2)8-10(9)15-14(18)13-5-4-6-21-13/h4-8H,1-3H3,(H,15,18). The summed E-state index contributed by atoms with van der Waals surface area (Å²) in [5.74, 6) is -0.192. The highest BCUT2D eigenvalue weighted by molar-refractivity contribution is 7.94. The van der Waals surface area contributed by atoms with E-state index in [9.17, 15) is 13.2 Å². The monoisotopic (exact) mass is 321 g/mol. The molecule has 8 heteroatoms. The molecule has 0 saturated carbocycles. The van der Waals surface area contributed by atoms with Crippen LogP contribution in [0, 0.1) is 6.92 Å². The molecule has 0 radical (unpaired) electrons. The lowest BCUT2D eigenvalue weighted by molar-refractivity contribution is 0.0996. The number of aryl methyl sites for hydroxylation is 1. The number of amides is 1. The summed E-state index contributed by atoms with van der Waals surface area (Å²) in [5, 5.41) is 2.73. The minimum atomic E-state index is -3.53. The fourth-order valence-electron chi connectivity index (χ4n) is 2.34. The molecule has 2 heterocycles. The van der Waals surface area contributed by atoms with Crippen molar-refractivity contribution >= 4 is 33.2 Å². The number of rotatable bonds is 2. The van der Waals surface area contributed by atoms with Crippen LogP contribution in [0.15, 0.2) is 34.9 Å². The Morgan fingerprint density at radius 1 is 1.18 bits per heavy atom. The van der Waals surface area contributed by atoms with Crippen LogP contribution in [-0.2, 0) is 10.2 Å². The number of carbonyl (C=O) groups excluding carboxylic acids is 1. The van der Waals surface area contributed by atoms with Gasteiger partial charge < -0.3 is 9.73 Å². The number of nitrogens with zero attached hydrogens (tertiary/aromatic N) is 2. The summed E-state index contributed by atoms with van der Waals surface area (Å²) in [7, 11) is -0.557. The van der Waals surface area contributed by atoms with Gasteiger partial charge >= 0.3 is 10.2 Å². The lowest BCUT2D eigenvalue weighted by Crippen LogP contribution is -2.32. The third-order valence-electron chi connectivity index (χ3n) is 3.69. The van der Waals surface area contributed by atoms with Crippen molar-refractivity contribution in [3.63, 3.8) is 0 Å². The van der Waals surface area contributed by atoms with Gasteiger partial charge in [0.15, 0.2) is 5.76 Å². The Labute approximate surface area is 128 Å². The first-order valence-electron chi connectivity index (χ1n) is 6.54.